The van der Waals surface area contributed by atoms with Crippen molar-refractivity contribution in [1.82, 2.24) is 14.0 Å². The van der Waals surface area contributed by atoms with E-state index in [1.54, 1.807) is 6.92 Å². The molecule has 0 saturated carbocycles. The van der Waals surface area contributed by atoms with Crippen molar-refractivity contribution in [3.8, 4) is 5.75 Å². The summed E-state index contributed by atoms with van der Waals surface area (Å²) in [4.78, 5) is 26.3. The van der Waals surface area contributed by atoms with Crippen LogP contribution in [0.2, 0.25) is 0 Å². The number of para-hydroxylation sites is 1. The van der Waals surface area contributed by atoms with E-state index in [1.165, 1.54) is 33.4 Å². The van der Waals surface area contributed by atoms with Gasteiger partial charge in [-0.15, -0.1) is 13.2 Å². The van der Waals surface area contributed by atoms with Crippen LogP contribution < -0.4 is 10.3 Å². The van der Waals surface area contributed by atoms with Crippen molar-refractivity contribution in [3.63, 3.8) is 0 Å². The summed E-state index contributed by atoms with van der Waals surface area (Å²) in [5, 5.41) is 10.8. The Hall–Kier alpha value is -3.37. The van der Waals surface area contributed by atoms with Gasteiger partial charge in [-0.25, -0.2) is 0 Å². The van der Waals surface area contributed by atoms with E-state index in [1.807, 2.05) is 0 Å². The first-order chi connectivity index (χ1) is 12.2. The molecule has 0 atom stereocenters. The summed E-state index contributed by atoms with van der Waals surface area (Å²) in [6, 6.07) is 5.42. The van der Waals surface area contributed by atoms with Gasteiger partial charge in [0.2, 0.25) is 0 Å². The largest absolute Gasteiger partial charge is 0.573 e. The summed E-state index contributed by atoms with van der Waals surface area (Å²) in [5.74, 6) is -0.930. The second-order valence-corrected chi connectivity index (χ2v) is 5.40. The SMILES string of the molecule is Cc1cn2cc([N+](=O)[O-])nc2c(=O)n1Cc1ccccc1OC(F)(F)F. The minimum Gasteiger partial charge on any atom is -0.405 e. The molecule has 0 amide bonds. The molecular formula is C15H11F3N4O4. The number of fused-ring (bicyclic) bond motifs is 1. The van der Waals surface area contributed by atoms with Gasteiger partial charge in [0.05, 0.1) is 6.54 Å². The molecule has 3 aromatic rings. The van der Waals surface area contributed by atoms with Crippen molar-refractivity contribution in [2.24, 2.45) is 0 Å². The number of nitrogens with zero attached hydrogens (tertiary/aromatic N) is 4. The molecule has 11 heteroatoms. The van der Waals surface area contributed by atoms with Crippen molar-refractivity contribution in [1.29, 1.82) is 0 Å². The van der Waals surface area contributed by atoms with Crippen LogP contribution in [0.25, 0.3) is 5.65 Å². The van der Waals surface area contributed by atoms with E-state index in [4.69, 9.17) is 0 Å². The Morgan fingerprint density at radius 1 is 1.27 bits per heavy atom. The molecule has 2 aromatic heterocycles. The summed E-state index contributed by atoms with van der Waals surface area (Å²) < 4.78 is 44.0. The van der Waals surface area contributed by atoms with Gasteiger partial charge in [-0.05, 0) is 22.9 Å². The summed E-state index contributed by atoms with van der Waals surface area (Å²) in [6.45, 7) is 1.34. The molecule has 8 nitrogen and oxygen atoms in total. The number of imidazole rings is 1. The van der Waals surface area contributed by atoms with Gasteiger partial charge in [0.25, 0.3) is 0 Å². The summed E-state index contributed by atoms with van der Waals surface area (Å²) in [5.41, 5.74) is -0.353. The number of rotatable bonds is 4. The van der Waals surface area contributed by atoms with Crippen LogP contribution >= 0.6 is 0 Å². The number of alkyl halides is 3. The Morgan fingerprint density at radius 2 is 1.96 bits per heavy atom. The fourth-order valence-electron chi connectivity index (χ4n) is 2.50. The predicted molar refractivity (Wildman–Crippen MR) is 83.1 cm³/mol. The molecule has 1 aromatic carbocycles. The van der Waals surface area contributed by atoms with Crippen molar-refractivity contribution in [3.05, 3.63) is 68.4 Å². The number of aryl methyl sites for hydroxylation is 1. The molecular weight excluding hydrogens is 357 g/mol. The van der Waals surface area contributed by atoms with Gasteiger partial charge < -0.3 is 19.4 Å². The Kier molecular flexibility index (Phi) is 4.14. The minimum absolute atomic E-state index is 0.125. The molecule has 0 saturated heterocycles. The van der Waals surface area contributed by atoms with Crippen molar-refractivity contribution >= 4 is 11.5 Å². The van der Waals surface area contributed by atoms with Crippen LogP contribution in [-0.2, 0) is 6.54 Å². The fraction of sp³-hybridized carbons (Fsp3) is 0.200. The number of aromatic nitrogens is 3. The van der Waals surface area contributed by atoms with Gasteiger partial charge >= 0.3 is 23.4 Å². The molecule has 2 heterocycles. The zero-order valence-corrected chi connectivity index (χ0v) is 13.2. The molecule has 136 valence electrons. The molecule has 0 fully saturated rings. The summed E-state index contributed by atoms with van der Waals surface area (Å²) in [6.07, 6.45) is -2.34. The summed E-state index contributed by atoms with van der Waals surface area (Å²) >= 11 is 0. The van der Waals surface area contributed by atoms with Gasteiger partial charge in [0.15, 0.2) is 0 Å². The minimum atomic E-state index is -4.87. The maximum absolute atomic E-state index is 12.6. The van der Waals surface area contributed by atoms with E-state index in [9.17, 15) is 28.1 Å². The van der Waals surface area contributed by atoms with E-state index >= 15 is 0 Å². The second-order valence-electron chi connectivity index (χ2n) is 5.40. The highest BCUT2D eigenvalue weighted by Crippen LogP contribution is 2.26. The molecule has 0 spiro atoms. The lowest BCUT2D eigenvalue weighted by molar-refractivity contribution is -0.389. The smallest absolute Gasteiger partial charge is 0.405 e. The zero-order chi connectivity index (χ0) is 19.1. The van der Waals surface area contributed by atoms with Crippen molar-refractivity contribution in [2.75, 3.05) is 0 Å². The highest BCUT2D eigenvalue weighted by molar-refractivity contribution is 5.43. The van der Waals surface area contributed by atoms with E-state index in [0.29, 0.717) is 5.69 Å². The second kappa shape index (κ2) is 6.17. The van der Waals surface area contributed by atoms with Gasteiger partial charge in [-0.2, -0.15) is 0 Å². The maximum atomic E-state index is 12.6. The quantitative estimate of drug-likeness (QED) is 0.522. The molecule has 0 aliphatic carbocycles. The highest BCUT2D eigenvalue weighted by Gasteiger charge is 2.32. The van der Waals surface area contributed by atoms with Gasteiger partial charge in [0.1, 0.15) is 11.9 Å². The average molecular weight is 368 g/mol. The number of nitro groups is 1. The maximum Gasteiger partial charge on any atom is 0.573 e. The predicted octanol–water partition coefficient (Wildman–Crippen LogP) is 2.66. The normalized spacial score (nSPS) is 11.7. The van der Waals surface area contributed by atoms with Crippen LogP contribution in [0, 0.1) is 17.0 Å². The lowest BCUT2D eigenvalue weighted by atomic mass is 10.2. The Balaban J connectivity index is 2.07. The zero-order valence-electron chi connectivity index (χ0n) is 13.2. The fourth-order valence-corrected chi connectivity index (χ4v) is 2.50. The molecule has 26 heavy (non-hydrogen) atoms. The Morgan fingerprint density at radius 3 is 2.62 bits per heavy atom. The van der Waals surface area contributed by atoms with Crippen LogP contribution in [-0.4, -0.2) is 25.2 Å². The number of benzene rings is 1. The molecule has 0 aliphatic heterocycles. The molecule has 3 rings (SSSR count). The molecule has 0 N–H and O–H groups in total. The average Bonchev–Trinajstić information content (AvgIpc) is 2.96. The topological polar surface area (TPSA) is 91.7 Å². The van der Waals surface area contributed by atoms with Crippen molar-refractivity contribution in [2.45, 2.75) is 19.8 Å². The van der Waals surface area contributed by atoms with Crippen LogP contribution in [0.3, 0.4) is 0 Å². The van der Waals surface area contributed by atoms with Crippen LogP contribution in [0.15, 0.2) is 41.5 Å². The van der Waals surface area contributed by atoms with E-state index < -0.39 is 28.4 Å². The van der Waals surface area contributed by atoms with Gasteiger partial charge in [-0.1, -0.05) is 18.2 Å². The highest BCUT2D eigenvalue weighted by atomic mass is 19.4. The van der Waals surface area contributed by atoms with Crippen molar-refractivity contribution < 1.29 is 22.8 Å². The molecule has 0 unspecified atom stereocenters. The van der Waals surface area contributed by atoms with E-state index in [2.05, 4.69) is 9.72 Å². The first-order valence-corrected chi connectivity index (χ1v) is 7.23. The first-order valence-electron chi connectivity index (χ1n) is 7.23. The van der Waals surface area contributed by atoms with E-state index in [-0.39, 0.29) is 17.8 Å². The lowest BCUT2D eigenvalue weighted by Gasteiger charge is -2.15. The number of hydrogen-bond donors (Lipinski definition) is 0. The van der Waals surface area contributed by atoms with Crippen LogP contribution in [0.4, 0.5) is 19.0 Å². The van der Waals surface area contributed by atoms with Crippen LogP contribution in [0.1, 0.15) is 11.3 Å². The third-order valence-corrected chi connectivity index (χ3v) is 3.62. The standard InChI is InChI=1S/C15H11F3N4O4/c1-9-6-20-8-12(22(24)25)19-13(20)14(23)21(9)7-10-4-2-3-5-11(10)26-15(16,17)18/h2-6,8H,7H2,1H3. The monoisotopic (exact) mass is 368 g/mol. The molecule has 0 radical (unpaired) electrons. The number of ether oxygens (including phenoxy) is 1. The third-order valence-electron chi connectivity index (χ3n) is 3.62. The van der Waals surface area contributed by atoms with Gasteiger partial charge in [0, 0.05) is 17.5 Å². The number of hydrogen-bond acceptors (Lipinski definition) is 5. The van der Waals surface area contributed by atoms with E-state index in [0.717, 1.165) is 12.3 Å². The Labute approximate surface area is 143 Å². The Bertz CT molecular complexity index is 1060. The van der Waals surface area contributed by atoms with Crippen LogP contribution in [0.5, 0.6) is 5.75 Å². The third kappa shape index (κ3) is 3.36. The lowest BCUT2D eigenvalue weighted by Crippen LogP contribution is -2.26. The molecule has 0 aliphatic rings. The van der Waals surface area contributed by atoms with Gasteiger partial charge in [-0.3, -0.25) is 9.20 Å². The number of halogens is 3. The summed E-state index contributed by atoms with van der Waals surface area (Å²) in [7, 11) is 0. The first kappa shape index (κ1) is 17.5. The molecule has 0 bridgehead atoms.